The Bertz CT molecular complexity index is 422. The summed E-state index contributed by atoms with van der Waals surface area (Å²) >= 11 is 0. The van der Waals surface area contributed by atoms with Crippen LogP contribution >= 0.6 is 12.4 Å². The van der Waals surface area contributed by atoms with Gasteiger partial charge in [0.1, 0.15) is 18.6 Å². The number of amides is 2. The van der Waals surface area contributed by atoms with Crippen molar-refractivity contribution < 1.29 is 27.5 Å². The van der Waals surface area contributed by atoms with E-state index in [0.29, 0.717) is 13.2 Å². The maximum absolute atomic E-state index is 12.3. The normalized spacial score (nSPS) is 29.2. The average molecular weight is 346 g/mol. The van der Waals surface area contributed by atoms with Gasteiger partial charge in [0.05, 0.1) is 12.7 Å². The third-order valence-electron chi connectivity index (χ3n) is 3.58. The smallest absolute Gasteiger partial charge is 0.375 e. The molecule has 22 heavy (non-hydrogen) atoms. The van der Waals surface area contributed by atoms with Gasteiger partial charge in [0.15, 0.2) is 0 Å². The lowest BCUT2D eigenvalue weighted by Gasteiger charge is -2.30. The molecule has 0 aromatic heterocycles. The highest BCUT2D eigenvalue weighted by molar-refractivity contribution is 5.91. The Morgan fingerprint density at radius 1 is 1.50 bits per heavy atom. The predicted molar refractivity (Wildman–Crippen MR) is 73.6 cm³/mol. The summed E-state index contributed by atoms with van der Waals surface area (Å²) in [6.45, 7) is 1.45. The summed E-state index contributed by atoms with van der Waals surface area (Å²) in [6.07, 6.45) is -4.59. The van der Waals surface area contributed by atoms with Crippen molar-refractivity contribution in [2.24, 2.45) is 0 Å². The lowest BCUT2D eigenvalue weighted by Crippen LogP contribution is -2.58. The van der Waals surface area contributed by atoms with Crippen molar-refractivity contribution in [2.75, 3.05) is 26.2 Å². The largest absolute Gasteiger partial charge is 0.406 e. The zero-order chi connectivity index (χ0) is 15.6. The molecule has 0 radical (unpaired) electrons. The first kappa shape index (κ1) is 19.0. The van der Waals surface area contributed by atoms with E-state index in [9.17, 15) is 22.8 Å². The second kappa shape index (κ2) is 7.47. The first-order valence-corrected chi connectivity index (χ1v) is 6.79. The van der Waals surface area contributed by atoms with Crippen LogP contribution in [0.4, 0.5) is 13.2 Å². The van der Waals surface area contributed by atoms with Gasteiger partial charge in [-0.15, -0.1) is 12.4 Å². The average Bonchev–Trinajstić information content (AvgIpc) is 2.70. The van der Waals surface area contributed by atoms with Gasteiger partial charge in [-0.3, -0.25) is 9.59 Å². The molecule has 0 aromatic rings. The monoisotopic (exact) mass is 345 g/mol. The Hall–Kier alpha value is -1.06. The molecule has 2 amide bonds. The van der Waals surface area contributed by atoms with E-state index in [1.165, 1.54) is 0 Å². The van der Waals surface area contributed by atoms with Crippen molar-refractivity contribution in [3.63, 3.8) is 0 Å². The van der Waals surface area contributed by atoms with Crippen molar-refractivity contribution in [1.29, 1.82) is 0 Å². The SMILES string of the molecule is C[C@H]1OCCN[C@@H]1C(=O)NC1CCN(CC(F)(F)F)C1=O.Cl. The van der Waals surface area contributed by atoms with Crippen LogP contribution in [0.2, 0.25) is 0 Å². The lowest BCUT2D eigenvalue weighted by atomic mass is 10.1. The number of alkyl halides is 3. The molecule has 0 saturated carbocycles. The Balaban J connectivity index is 0.00000242. The van der Waals surface area contributed by atoms with E-state index in [0.717, 1.165) is 4.90 Å². The molecule has 2 N–H and O–H groups in total. The molecule has 10 heteroatoms. The first-order chi connectivity index (χ1) is 9.78. The van der Waals surface area contributed by atoms with Gasteiger partial charge >= 0.3 is 6.18 Å². The van der Waals surface area contributed by atoms with Crippen LogP contribution in [-0.2, 0) is 14.3 Å². The van der Waals surface area contributed by atoms with Gasteiger partial charge in [-0.25, -0.2) is 0 Å². The van der Waals surface area contributed by atoms with Gasteiger partial charge in [0, 0.05) is 13.1 Å². The fraction of sp³-hybridized carbons (Fsp3) is 0.833. The number of likely N-dealkylation sites (tertiary alicyclic amines) is 1. The van der Waals surface area contributed by atoms with Gasteiger partial charge in [-0.1, -0.05) is 0 Å². The molecule has 2 rings (SSSR count). The van der Waals surface area contributed by atoms with Gasteiger partial charge in [-0.2, -0.15) is 13.2 Å². The number of nitrogens with one attached hydrogen (secondary N) is 2. The molecular weight excluding hydrogens is 327 g/mol. The number of halogens is 4. The van der Waals surface area contributed by atoms with Crippen LogP contribution in [0.15, 0.2) is 0 Å². The van der Waals surface area contributed by atoms with Crippen LogP contribution in [0.1, 0.15) is 13.3 Å². The number of carbonyl (C=O) groups excluding carboxylic acids is 2. The van der Waals surface area contributed by atoms with Gasteiger partial charge in [0.25, 0.3) is 0 Å². The second-order valence-corrected chi connectivity index (χ2v) is 5.23. The lowest BCUT2D eigenvalue weighted by molar-refractivity contribution is -0.158. The molecule has 2 saturated heterocycles. The Labute approximate surface area is 132 Å². The highest BCUT2D eigenvalue weighted by atomic mass is 35.5. The van der Waals surface area contributed by atoms with E-state index >= 15 is 0 Å². The number of nitrogens with zero attached hydrogens (tertiary/aromatic N) is 1. The van der Waals surface area contributed by atoms with Crippen LogP contribution in [0.25, 0.3) is 0 Å². The van der Waals surface area contributed by atoms with E-state index in [4.69, 9.17) is 4.74 Å². The van der Waals surface area contributed by atoms with E-state index in [-0.39, 0.29) is 31.5 Å². The molecule has 2 aliphatic heterocycles. The van der Waals surface area contributed by atoms with Gasteiger partial charge < -0.3 is 20.3 Å². The van der Waals surface area contributed by atoms with Crippen molar-refractivity contribution in [2.45, 2.75) is 37.7 Å². The van der Waals surface area contributed by atoms with E-state index in [1.807, 2.05) is 0 Å². The summed E-state index contributed by atoms with van der Waals surface area (Å²) in [7, 11) is 0. The summed E-state index contributed by atoms with van der Waals surface area (Å²) in [5, 5.41) is 5.47. The van der Waals surface area contributed by atoms with E-state index < -0.39 is 36.6 Å². The quantitative estimate of drug-likeness (QED) is 0.759. The molecule has 0 bridgehead atoms. The molecule has 1 unspecified atom stereocenters. The highest BCUT2D eigenvalue weighted by Crippen LogP contribution is 2.21. The zero-order valence-electron chi connectivity index (χ0n) is 12.0. The molecule has 128 valence electrons. The maximum atomic E-state index is 12.3. The maximum Gasteiger partial charge on any atom is 0.406 e. The van der Waals surface area contributed by atoms with Crippen molar-refractivity contribution in [3.05, 3.63) is 0 Å². The number of hydrogen-bond acceptors (Lipinski definition) is 4. The molecule has 6 nitrogen and oxygen atoms in total. The minimum atomic E-state index is -4.43. The Morgan fingerprint density at radius 2 is 2.18 bits per heavy atom. The molecule has 2 heterocycles. The first-order valence-electron chi connectivity index (χ1n) is 6.79. The summed E-state index contributed by atoms with van der Waals surface area (Å²) < 4.78 is 42.2. The standard InChI is InChI=1S/C12H18F3N3O3.ClH/c1-7-9(16-3-5-21-7)10(19)17-8-2-4-18(11(8)20)6-12(13,14)15;/h7-9,16H,2-6H2,1H3,(H,17,19);1H/t7-,8?,9+;/m1./s1. The Kier molecular flexibility index (Phi) is 6.45. The number of carbonyl (C=O) groups is 2. The number of morpholine rings is 1. The van der Waals surface area contributed by atoms with Gasteiger partial charge in [-0.05, 0) is 13.3 Å². The molecule has 0 aromatic carbocycles. The molecular formula is C12H19ClF3N3O3. The molecule has 0 aliphatic carbocycles. The van der Waals surface area contributed by atoms with E-state index in [2.05, 4.69) is 10.6 Å². The zero-order valence-corrected chi connectivity index (χ0v) is 12.8. The number of hydrogen-bond donors (Lipinski definition) is 2. The van der Waals surface area contributed by atoms with E-state index in [1.54, 1.807) is 6.92 Å². The third-order valence-corrected chi connectivity index (χ3v) is 3.58. The molecule has 2 fully saturated rings. The number of ether oxygens (including phenoxy) is 1. The third kappa shape index (κ3) is 4.72. The predicted octanol–water partition coefficient (Wildman–Crippen LogP) is 0.0645. The summed E-state index contributed by atoms with van der Waals surface area (Å²) in [5.74, 6) is -1.11. The van der Waals surface area contributed by atoms with Crippen LogP contribution in [-0.4, -0.2) is 67.3 Å². The highest BCUT2D eigenvalue weighted by Gasteiger charge is 2.41. The van der Waals surface area contributed by atoms with Crippen molar-refractivity contribution >= 4 is 24.2 Å². The van der Waals surface area contributed by atoms with Crippen molar-refractivity contribution in [3.8, 4) is 0 Å². The van der Waals surface area contributed by atoms with Crippen molar-refractivity contribution in [1.82, 2.24) is 15.5 Å². The topological polar surface area (TPSA) is 70.7 Å². The van der Waals surface area contributed by atoms with Crippen LogP contribution in [0.5, 0.6) is 0 Å². The Morgan fingerprint density at radius 3 is 2.77 bits per heavy atom. The van der Waals surface area contributed by atoms with Gasteiger partial charge in [0.2, 0.25) is 11.8 Å². The number of rotatable bonds is 3. The summed E-state index contributed by atoms with van der Waals surface area (Å²) in [5.41, 5.74) is 0. The fourth-order valence-electron chi connectivity index (χ4n) is 2.54. The summed E-state index contributed by atoms with van der Waals surface area (Å²) in [4.78, 5) is 24.6. The molecule has 3 atom stereocenters. The van der Waals surface area contributed by atoms with Crippen LogP contribution in [0, 0.1) is 0 Å². The summed E-state index contributed by atoms with van der Waals surface area (Å²) in [6, 6.07) is -1.49. The molecule has 2 aliphatic rings. The second-order valence-electron chi connectivity index (χ2n) is 5.23. The van der Waals surface area contributed by atoms with Crippen LogP contribution < -0.4 is 10.6 Å². The van der Waals surface area contributed by atoms with Crippen LogP contribution in [0.3, 0.4) is 0 Å². The fourth-order valence-corrected chi connectivity index (χ4v) is 2.54. The molecule has 0 spiro atoms. The minimum Gasteiger partial charge on any atom is -0.375 e. The minimum absolute atomic E-state index is 0.